The molecule has 0 bridgehead atoms. The second-order valence-corrected chi connectivity index (χ2v) is 4.81. The van der Waals surface area contributed by atoms with Crippen LogP contribution in [-0.4, -0.2) is 29.5 Å². The molecular weight excluding hydrogens is 264 g/mol. The summed E-state index contributed by atoms with van der Waals surface area (Å²) in [6, 6.07) is 11.6. The van der Waals surface area contributed by atoms with Crippen LogP contribution in [0.3, 0.4) is 0 Å². The Balaban J connectivity index is 2.13. The number of methoxy groups -OCH3 is 1. The Labute approximate surface area is 125 Å². The molecule has 0 aliphatic rings. The summed E-state index contributed by atoms with van der Waals surface area (Å²) in [7, 11) is 1.41. The highest BCUT2D eigenvalue weighted by Crippen LogP contribution is 2.14. The van der Waals surface area contributed by atoms with Crippen LogP contribution in [0.4, 0.5) is 0 Å². The van der Waals surface area contributed by atoms with E-state index in [0.717, 1.165) is 18.7 Å². The van der Waals surface area contributed by atoms with Crippen molar-refractivity contribution < 1.29 is 9.53 Å². The SMILES string of the molecule is CCN(Cc1ccncc1)Cc1ccccc1C(=O)OC. The molecule has 0 saturated heterocycles. The zero-order chi connectivity index (χ0) is 15.1. The van der Waals surface area contributed by atoms with E-state index in [-0.39, 0.29) is 5.97 Å². The lowest BCUT2D eigenvalue weighted by atomic mass is 10.1. The summed E-state index contributed by atoms with van der Waals surface area (Å²) in [4.78, 5) is 18.1. The number of hydrogen-bond acceptors (Lipinski definition) is 4. The van der Waals surface area contributed by atoms with Crippen LogP contribution in [0, 0.1) is 0 Å². The normalized spacial score (nSPS) is 10.6. The van der Waals surface area contributed by atoms with Crippen molar-refractivity contribution in [2.24, 2.45) is 0 Å². The molecular formula is C17H20N2O2. The molecule has 1 aromatic heterocycles. The average Bonchev–Trinajstić information content (AvgIpc) is 2.55. The van der Waals surface area contributed by atoms with E-state index < -0.39 is 0 Å². The number of pyridine rings is 1. The Kier molecular flexibility index (Phi) is 5.46. The minimum atomic E-state index is -0.287. The molecule has 0 fully saturated rings. The number of carbonyl (C=O) groups excluding carboxylic acids is 1. The number of hydrogen-bond donors (Lipinski definition) is 0. The summed E-state index contributed by atoms with van der Waals surface area (Å²) in [5, 5.41) is 0. The number of rotatable bonds is 6. The van der Waals surface area contributed by atoms with Gasteiger partial charge in [-0.1, -0.05) is 25.1 Å². The molecule has 0 atom stereocenters. The number of aromatic nitrogens is 1. The van der Waals surface area contributed by atoms with Gasteiger partial charge in [-0.25, -0.2) is 4.79 Å². The second kappa shape index (κ2) is 7.55. The largest absolute Gasteiger partial charge is 0.465 e. The van der Waals surface area contributed by atoms with Gasteiger partial charge in [-0.15, -0.1) is 0 Å². The van der Waals surface area contributed by atoms with Crippen molar-refractivity contribution in [1.82, 2.24) is 9.88 Å². The van der Waals surface area contributed by atoms with Crippen LogP contribution in [0.15, 0.2) is 48.8 Å². The van der Waals surface area contributed by atoms with Gasteiger partial charge in [0.2, 0.25) is 0 Å². The van der Waals surface area contributed by atoms with Gasteiger partial charge in [-0.05, 0) is 35.9 Å². The highest BCUT2D eigenvalue weighted by molar-refractivity contribution is 5.90. The Hall–Kier alpha value is -2.20. The molecule has 2 aromatic rings. The molecule has 0 radical (unpaired) electrons. The molecule has 4 heteroatoms. The molecule has 0 unspecified atom stereocenters. The van der Waals surface area contributed by atoms with Gasteiger partial charge < -0.3 is 4.74 Å². The smallest absolute Gasteiger partial charge is 0.338 e. The molecule has 0 saturated carbocycles. The van der Waals surface area contributed by atoms with E-state index in [1.807, 2.05) is 30.3 Å². The molecule has 1 heterocycles. The first kappa shape index (κ1) is 15.2. The number of nitrogens with zero attached hydrogens (tertiary/aromatic N) is 2. The van der Waals surface area contributed by atoms with Crippen molar-refractivity contribution in [1.29, 1.82) is 0 Å². The van der Waals surface area contributed by atoms with Gasteiger partial charge in [-0.2, -0.15) is 0 Å². The maximum atomic E-state index is 11.8. The quantitative estimate of drug-likeness (QED) is 0.765. The van der Waals surface area contributed by atoms with Gasteiger partial charge in [0.05, 0.1) is 12.7 Å². The Bertz CT molecular complexity index is 584. The molecule has 0 spiro atoms. The maximum absolute atomic E-state index is 11.8. The van der Waals surface area contributed by atoms with E-state index in [2.05, 4.69) is 16.8 Å². The zero-order valence-corrected chi connectivity index (χ0v) is 12.5. The molecule has 110 valence electrons. The van der Waals surface area contributed by atoms with Crippen LogP contribution in [0.25, 0.3) is 0 Å². The molecule has 0 N–H and O–H groups in total. The predicted octanol–water partition coefficient (Wildman–Crippen LogP) is 2.89. The summed E-state index contributed by atoms with van der Waals surface area (Å²) in [5.74, 6) is -0.287. The van der Waals surface area contributed by atoms with Crippen molar-refractivity contribution in [3.63, 3.8) is 0 Å². The Morgan fingerprint density at radius 2 is 1.86 bits per heavy atom. The van der Waals surface area contributed by atoms with Gasteiger partial charge in [0, 0.05) is 25.5 Å². The third-order valence-corrected chi connectivity index (χ3v) is 3.42. The topological polar surface area (TPSA) is 42.4 Å². The first-order valence-corrected chi connectivity index (χ1v) is 7.02. The lowest BCUT2D eigenvalue weighted by Gasteiger charge is -2.21. The third-order valence-electron chi connectivity index (χ3n) is 3.42. The number of ether oxygens (including phenoxy) is 1. The highest BCUT2D eigenvalue weighted by Gasteiger charge is 2.13. The monoisotopic (exact) mass is 284 g/mol. The third kappa shape index (κ3) is 4.13. The first-order valence-electron chi connectivity index (χ1n) is 7.02. The molecule has 0 aliphatic heterocycles. The summed E-state index contributed by atoms with van der Waals surface area (Å²) in [5.41, 5.74) is 2.83. The van der Waals surface area contributed by atoms with Crippen LogP contribution in [0.5, 0.6) is 0 Å². The molecule has 4 nitrogen and oxygen atoms in total. The molecule has 2 rings (SSSR count). The minimum Gasteiger partial charge on any atom is -0.465 e. The van der Waals surface area contributed by atoms with Crippen molar-refractivity contribution in [2.45, 2.75) is 20.0 Å². The Morgan fingerprint density at radius 3 is 2.52 bits per heavy atom. The summed E-state index contributed by atoms with van der Waals surface area (Å²) in [6.45, 7) is 4.55. The minimum absolute atomic E-state index is 0.287. The van der Waals surface area contributed by atoms with Crippen LogP contribution in [-0.2, 0) is 17.8 Å². The fourth-order valence-electron chi connectivity index (χ4n) is 2.23. The predicted molar refractivity (Wildman–Crippen MR) is 81.8 cm³/mol. The number of benzene rings is 1. The van der Waals surface area contributed by atoms with Gasteiger partial charge >= 0.3 is 5.97 Å². The molecule has 0 aliphatic carbocycles. The van der Waals surface area contributed by atoms with Crippen molar-refractivity contribution >= 4 is 5.97 Å². The molecule has 0 amide bonds. The van der Waals surface area contributed by atoms with E-state index in [4.69, 9.17) is 4.74 Å². The number of carbonyl (C=O) groups is 1. The van der Waals surface area contributed by atoms with Crippen molar-refractivity contribution in [2.75, 3.05) is 13.7 Å². The van der Waals surface area contributed by atoms with E-state index in [1.165, 1.54) is 12.7 Å². The molecule has 21 heavy (non-hydrogen) atoms. The van der Waals surface area contributed by atoms with Gasteiger partial charge in [-0.3, -0.25) is 9.88 Å². The second-order valence-electron chi connectivity index (χ2n) is 4.81. The van der Waals surface area contributed by atoms with Crippen LogP contribution < -0.4 is 0 Å². The fraction of sp³-hybridized carbons (Fsp3) is 0.294. The van der Waals surface area contributed by atoms with Crippen molar-refractivity contribution in [3.05, 3.63) is 65.5 Å². The zero-order valence-electron chi connectivity index (χ0n) is 12.5. The van der Waals surface area contributed by atoms with Crippen LogP contribution >= 0.6 is 0 Å². The van der Waals surface area contributed by atoms with E-state index in [0.29, 0.717) is 12.1 Å². The van der Waals surface area contributed by atoms with Gasteiger partial charge in [0.15, 0.2) is 0 Å². The van der Waals surface area contributed by atoms with E-state index in [9.17, 15) is 4.79 Å². The summed E-state index contributed by atoms with van der Waals surface area (Å²) < 4.78 is 4.84. The standard InChI is InChI=1S/C17H20N2O2/c1-3-19(12-14-8-10-18-11-9-14)13-15-6-4-5-7-16(15)17(20)21-2/h4-11H,3,12-13H2,1-2H3. The number of esters is 1. The van der Waals surface area contributed by atoms with E-state index in [1.54, 1.807) is 18.5 Å². The lowest BCUT2D eigenvalue weighted by Crippen LogP contribution is -2.23. The summed E-state index contributed by atoms with van der Waals surface area (Å²) in [6.07, 6.45) is 3.59. The highest BCUT2D eigenvalue weighted by atomic mass is 16.5. The van der Waals surface area contributed by atoms with Gasteiger partial charge in [0.1, 0.15) is 0 Å². The van der Waals surface area contributed by atoms with Crippen LogP contribution in [0.1, 0.15) is 28.4 Å². The fourth-order valence-corrected chi connectivity index (χ4v) is 2.23. The van der Waals surface area contributed by atoms with Crippen LogP contribution in [0.2, 0.25) is 0 Å². The van der Waals surface area contributed by atoms with E-state index >= 15 is 0 Å². The lowest BCUT2D eigenvalue weighted by molar-refractivity contribution is 0.0598. The first-order chi connectivity index (χ1) is 10.2. The summed E-state index contributed by atoms with van der Waals surface area (Å²) >= 11 is 0. The Morgan fingerprint density at radius 1 is 1.14 bits per heavy atom. The van der Waals surface area contributed by atoms with Crippen molar-refractivity contribution in [3.8, 4) is 0 Å². The average molecular weight is 284 g/mol. The maximum Gasteiger partial charge on any atom is 0.338 e. The van der Waals surface area contributed by atoms with Gasteiger partial charge in [0.25, 0.3) is 0 Å². The molecule has 1 aromatic carbocycles.